The minimum atomic E-state index is -0.206. The lowest BCUT2D eigenvalue weighted by atomic mass is 10.1. The topological polar surface area (TPSA) is 74.6 Å². The minimum Gasteiger partial charge on any atom is -0.497 e. The lowest BCUT2D eigenvalue weighted by Gasteiger charge is -2.25. The van der Waals surface area contributed by atoms with Crippen molar-refractivity contribution in [3.63, 3.8) is 0 Å². The molecule has 162 valence electrons. The van der Waals surface area contributed by atoms with Gasteiger partial charge in [0.2, 0.25) is 0 Å². The molecule has 1 N–H and O–H groups in total. The van der Waals surface area contributed by atoms with E-state index >= 15 is 0 Å². The van der Waals surface area contributed by atoms with Crippen molar-refractivity contribution in [1.82, 2.24) is 14.9 Å². The van der Waals surface area contributed by atoms with E-state index in [-0.39, 0.29) is 18.1 Å². The Kier molecular flexibility index (Phi) is 6.23. The maximum atomic E-state index is 12.7. The number of aromatic nitrogens is 2. The average molecular weight is 421 g/mol. The van der Waals surface area contributed by atoms with Crippen molar-refractivity contribution < 1.29 is 19.0 Å². The molecule has 7 nitrogen and oxygen atoms in total. The van der Waals surface area contributed by atoms with Crippen LogP contribution in [-0.4, -0.2) is 28.7 Å². The van der Waals surface area contributed by atoms with Crippen LogP contribution in [0, 0.1) is 0 Å². The number of fused-ring (bicyclic) bond motifs is 1. The number of amides is 1. The summed E-state index contributed by atoms with van der Waals surface area (Å²) in [6.07, 6.45) is 1.75. The van der Waals surface area contributed by atoms with Gasteiger partial charge >= 0.3 is 0 Å². The summed E-state index contributed by atoms with van der Waals surface area (Å²) in [7, 11) is 1.65. The summed E-state index contributed by atoms with van der Waals surface area (Å²) in [5.41, 5.74) is 3.26. The highest BCUT2D eigenvalue weighted by Crippen LogP contribution is 2.29. The third-order valence-corrected chi connectivity index (χ3v) is 5.18. The lowest BCUT2D eigenvalue weighted by Crippen LogP contribution is -2.27. The van der Waals surface area contributed by atoms with Crippen LogP contribution in [0.5, 0.6) is 11.5 Å². The zero-order chi connectivity index (χ0) is 21.8. The molecule has 1 aromatic heterocycles. The van der Waals surface area contributed by atoms with E-state index in [2.05, 4.69) is 10.3 Å². The van der Waals surface area contributed by atoms with Crippen molar-refractivity contribution in [3.05, 3.63) is 77.4 Å². The number of carbonyl (C=O) groups is 1. The molecule has 0 aliphatic carbocycles. The van der Waals surface area contributed by atoms with E-state index < -0.39 is 0 Å². The maximum Gasteiger partial charge on any atom is 0.272 e. The minimum absolute atomic E-state index is 0.0879. The van der Waals surface area contributed by atoms with Gasteiger partial charge in [-0.25, -0.2) is 4.98 Å². The summed E-state index contributed by atoms with van der Waals surface area (Å²) in [6, 6.07) is 15.5. The van der Waals surface area contributed by atoms with Gasteiger partial charge in [0.1, 0.15) is 17.6 Å². The summed E-state index contributed by atoms with van der Waals surface area (Å²) in [4.78, 5) is 17.0. The van der Waals surface area contributed by atoms with Crippen LogP contribution < -0.4 is 14.8 Å². The molecule has 7 heteroatoms. The standard InChI is InChI=1S/C24H27N3O4/c1-16(2)31-20-8-4-17(5-9-20)12-25-24(28)23-21-14-30-22(13-27(21)15-26-23)18-6-10-19(29-3)11-7-18/h4-11,15-16,22H,12-14H2,1-3H3,(H,25,28). The molecule has 0 radical (unpaired) electrons. The molecule has 0 saturated carbocycles. The van der Waals surface area contributed by atoms with Gasteiger partial charge in [-0.05, 0) is 49.2 Å². The molecule has 1 aliphatic rings. The fourth-order valence-electron chi connectivity index (χ4n) is 3.56. The van der Waals surface area contributed by atoms with E-state index in [0.29, 0.717) is 25.4 Å². The SMILES string of the molecule is COc1ccc(C2Cn3cnc(C(=O)NCc4ccc(OC(C)C)cc4)c3CO2)cc1. The number of nitrogens with one attached hydrogen (secondary N) is 1. The van der Waals surface area contributed by atoms with Gasteiger partial charge in [0.25, 0.3) is 5.91 Å². The molecule has 2 aromatic carbocycles. The predicted octanol–water partition coefficient (Wildman–Crippen LogP) is 3.88. The number of benzene rings is 2. The summed E-state index contributed by atoms with van der Waals surface area (Å²) >= 11 is 0. The molecule has 1 amide bonds. The Bertz CT molecular complexity index is 1030. The van der Waals surface area contributed by atoms with E-state index in [1.807, 2.05) is 66.9 Å². The summed E-state index contributed by atoms with van der Waals surface area (Å²) in [5, 5.41) is 2.94. The number of hydrogen-bond acceptors (Lipinski definition) is 5. The molecule has 1 atom stereocenters. The second-order valence-corrected chi connectivity index (χ2v) is 7.76. The molecular weight excluding hydrogens is 394 g/mol. The Hall–Kier alpha value is -3.32. The molecule has 1 unspecified atom stereocenters. The van der Waals surface area contributed by atoms with E-state index in [9.17, 15) is 4.79 Å². The Morgan fingerprint density at radius 2 is 1.87 bits per heavy atom. The molecule has 2 heterocycles. The lowest BCUT2D eigenvalue weighted by molar-refractivity contribution is 0.00255. The first-order valence-electron chi connectivity index (χ1n) is 10.4. The van der Waals surface area contributed by atoms with Gasteiger partial charge in [-0.15, -0.1) is 0 Å². The first kappa shape index (κ1) is 20.9. The molecule has 0 bridgehead atoms. The molecule has 0 saturated heterocycles. The van der Waals surface area contributed by atoms with Crippen molar-refractivity contribution in [2.45, 2.75) is 45.8 Å². The summed E-state index contributed by atoms with van der Waals surface area (Å²) in [5.74, 6) is 1.42. The molecule has 1 aliphatic heterocycles. The Morgan fingerprint density at radius 3 is 2.55 bits per heavy atom. The Morgan fingerprint density at radius 1 is 1.16 bits per heavy atom. The van der Waals surface area contributed by atoms with Crippen LogP contribution in [0.2, 0.25) is 0 Å². The van der Waals surface area contributed by atoms with Gasteiger partial charge in [-0.2, -0.15) is 0 Å². The van der Waals surface area contributed by atoms with Gasteiger partial charge < -0.3 is 24.1 Å². The van der Waals surface area contributed by atoms with Gasteiger partial charge in [0.15, 0.2) is 5.69 Å². The summed E-state index contributed by atoms with van der Waals surface area (Å²) < 4.78 is 18.9. The molecule has 4 rings (SSSR count). The van der Waals surface area contributed by atoms with Crippen molar-refractivity contribution in [2.24, 2.45) is 0 Å². The van der Waals surface area contributed by atoms with Crippen molar-refractivity contribution >= 4 is 5.91 Å². The predicted molar refractivity (Wildman–Crippen MR) is 116 cm³/mol. The van der Waals surface area contributed by atoms with E-state index in [0.717, 1.165) is 28.3 Å². The number of rotatable bonds is 7. The zero-order valence-electron chi connectivity index (χ0n) is 18.0. The summed E-state index contributed by atoms with van der Waals surface area (Å²) in [6.45, 7) is 5.34. The van der Waals surface area contributed by atoms with E-state index in [4.69, 9.17) is 14.2 Å². The van der Waals surface area contributed by atoms with Crippen LogP contribution in [-0.2, 0) is 24.4 Å². The number of ether oxygens (including phenoxy) is 3. The van der Waals surface area contributed by atoms with Crippen LogP contribution in [0.15, 0.2) is 54.9 Å². The van der Waals surface area contributed by atoms with Gasteiger partial charge in [-0.1, -0.05) is 24.3 Å². The van der Waals surface area contributed by atoms with Crippen molar-refractivity contribution in [3.8, 4) is 11.5 Å². The Labute approximate surface area is 182 Å². The molecule has 31 heavy (non-hydrogen) atoms. The second kappa shape index (κ2) is 9.22. The molecule has 0 spiro atoms. The van der Waals surface area contributed by atoms with E-state index in [1.54, 1.807) is 13.4 Å². The number of methoxy groups -OCH3 is 1. The number of imidazole rings is 1. The largest absolute Gasteiger partial charge is 0.497 e. The number of hydrogen-bond donors (Lipinski definition) is 1. The normalized spacial score (nSPS) is 15.4. The highest BCUT2D eigenvalue weighted by molar-refractivity contribution is 5.93. The zero-order valence-corrected chi connectivity index (χ0v) is 18.0. The number of nitrogens with zero attached hydrogens (tertiary/aromatic N) is 2. The first-order chi connectivity index (χ1) is 15.0. The maximum absolute atomic E-state index is 12.7. The van der Waals surface area contributed by atoms with E-state index in [1.165, 1.54) is 0 Å². The smallest absolute Gasteiger partial charge is 0.272 e. The third-order valence-electron chi connectivity index (χ3n) is 5.18. The fraction of sp³-hybridized carbons (Fsp3) is 0.333. The van der Waals surface area contributed by atoms with Gasteiger partial charge in [0, 0.05) is 6.54 Å². The highest BCUT2D eigenvalue weighted by Gasteiger charge is 2.26. The average Bonchev–Trinajstić information content (AvgIpc) is 3.21. The van der Waals surface area contributed by atoms with Gasteiger partial charge in [0.05, 0.1) is 38.4 Å². The van der Waals surface area contributed by atoms with Gasteiger partial charge in [-0.3, -0.25) is 4.79 Å². The molecular formula is C24H27N3O4. The number of carbonyl (C=O) groups excluding carboxylic acids is 1. The van der Waals surface area contributed by atoms with Crippen LogP contribution in [0.4, 0.5) is 0 Å². The Balaban J connectivity index is 1.37. The highest BCUT2D eigenvalue weighted by atomic mass is 16.5. The first-order valence-corrected chi connectivity index (χ1v) is 10.4. The van der Waals surface area contributed by atoms with Crippen LogP contribution >= 0.6 is 0 Å². The van der Waals surface area contributed by atoms with Crippen LogP contribution in [0.25, 0.3) is 0 Å². The third kappa shape index (κ3) is 4.88. The monoisotopic (exact) mass is 421 g/mol. The van der Waals surface area contributed by atoms with Crippen molar-refractivity contribution in [1.29, 1.82) is 0 Å². The fourth-order valence-corrected chi connectivity index (χ4v) is 3.56. The van der Waals surface area contributed by atoms with Crippen molar-refractivity contribution in [2.75, 3.05) is 7.11 Å². The molecule has 3 aromatic rings. The molecule has 0 fully saturated rings. The second-order valence-electron chi connectivity index (χ2n) is 7.76. The quantitative estimate of drug-likeness (QED) is 0.627. The van der Waals surface area contributed by atoms with Crippen LogP contribution in [0.3, 0.4) is 0 Å². The van der Waals surface area contributed by atoms with Crippen LogP contribution in [0.1, 0.15) is 47.3 Å².